The van der Waals surface area contributed by atoms with E-state index in [4.69, 9.17) is 16.3 Å². The van der Waals surface area contributed by atoms with Crippen LogP contribution in [-0.2, 0) is 0 Å². The van der Waals surface area contributed by atoms with Gasteiger partial charge in [0.05, 0.1) is 0 Å². The third-order valence-electron chi connectivity index (χ3n) is 0.757. The second-order valence-electron chi connectivity index (χ2n) is 1.30. The molecule has 0 bridgehead atoms. The van der Waals surface area contributed by atoms with E-state index in [-0.39, 0.29) is 6.07 Å². The van der Waals surface area contributed by atoms with E-state index in [2.05, 4.69) is 9.97 Å². The van der Waals surface area contributed by atoms with Gasteiger partial charge in [-0.2, -0.15) is 0 Å². The average Bonchev–Trinajstić information content (AvgIpc) is 1.91. The number of nitrogens with zero attached hydrogens (tertiary/aromatic N) is 2. The SMILES string of the molecule is ClCOc1ccncn1. The van der Waals surface area contributed by atoms with E-state index in [1.54, 1.807) is 12.3 Å². The maximum Gasteiger partial charge on any atom is 0.217 e. The van der Waals surface area contributed by atoms with Crippen LogP contribution < -0.4 is 4.74 Å². The summed E-state index contributed by atoms with van der Waals surface area (Å²) in [5.74, 6) is 0.500. The van der Waals surface area contributed by atoms with Gasteiger partial charge in [-0.15, -0.1) is 0 Å². The van der Waals surface area contributed by atoms with Crippen LogP contribution in [0.1, 0.15) is 0 Å². The second-order valence-corrected chi connectivity index (χ2v) is 1.52. The summed E-state index contributed by atoms with van der Waals surface area (Å²) in [6.45, 7) is 0. The molecule has 0 N–H and O–H groups in total. The van der Waals surface area contributed by atoms with Crippen LogP contribution in [0.5, 0.6) is 5.88 Å². The molecule has 0 aliphatic heterocycles. The summed E-state index contributed by atoms with van der Waals surface area (Å²) in [5.41, 5.74) is 0. The highest BCUT2D eigenvalue weighted by Crippen LogP contribution is 2.00. The van der Waals surface area contributed by atoms with E-state index >= 15 is 0 Å². The van der Waals surface area contributed by atoms with Crippen molar-refractivity contribution < 1.29 is 4.74 Å². The Kier molecular flexibility index (Phi) is 2.27. The molecule has 1 rings (SSSR count). The number of alkyl halides is 1. The van der Waals surface area contributed by atoms with Crippen LogP contribution in [0.25, 0.3) is 0 Å². The molecular formula is C5H5ClN2O. The number of aromatic nitrogens is 2. The third-order valence-corrected chi connectivity index (χ3v) is 0.866. The first-order chi connectivity index (χ1) is 4.43. The van der Waals surface area contributed by atoms with E-state index in [0.29, 0.717) is 5.88 Å². The number of rotatable bonds is 2. The Morgan fingerprint density at radius 1 is 1.67 bits per heavy atom. The quantitative estimate of drug-likeness (QED) is 0.582. The zero-order valence-electron chi connectivity index (χ0n) is 4.62. The normalized spacial score (nSPS) is 9.00. The summed E-state index contributed by atoms with van der Waals surface area (Å²) < 4.78 is 4.82. The lowest BCUT2D eigenvalue weighted by Crippen LogP contribution is -1.91. The maximum atomic E-state index is 5.25. The minimum Gasteiger partial charge on any atom is -0.461 e. The number of halogens is 1. The largest absolute Gasteiger partial charge is 0.461 e. The summed E-state index contributed by atoms with van der Waals surface area (Å²) >= 11 is 5.25. The van der Waals surface area contributed by atoms with E-state index in [9.17, 15) is 0 Å². The summed E-state index contributed by atoms with van der Waals surface area (Å²) in [6.07, 6.45) is 3.00. The molecule has 0 radical (unpaired) electrons. The molecule has 3 nitrogen and oxygen atoms in total. The van der Waals surface area contributed by atoms with Gasteiger partial charge in [0.25, 0.3) is 0 Å². The van der Waals surface area contributed by atoms with Crippen molar-refractivity contribution in [2.75, 3.05) is 6.07 Å². The van der Waals surface area contributed by atoms with Gasteiger partial charge < -0.3 is 4.74 Å². The number of hydrogen-bond acceptors (Lipinski definition) is 3. The van der Waals surface area contributed by atoms with Gasteiger partial charge in [-0.05, 0) is 0 Å². The van der Waals surface area contributed by atoms with Crippen LogP contribution in [0, 0.1) is 0 Å². The van der Waals surface area contributed by atoms with Crippen molar-refractivity contribution in [3.8, 4) is 5.88 Å². The molecule has 1 aromatic rings. The monoisotopic (exact) mass is 144 g/mol. The summed E-state index contributed by atoms with van der Waals surface area (Å²) in [7, 11) is 0. The fraction of sp³-hybridized carbons (Fsp3) is 0.200. The van der Waals surface area contributed by atoms with Crippen LogP contribution in [0.3, 0.4) is 0 Å². The number of ether oxygens (including phenoxy) is 1. The Morgan fingerprint density at radius 3 is 3.11 bits per heavy atom. The van der Waals surface area contributed by atoms with Gasteiger partial charge >= 0.3 is 0 Å². The highest BCUT2D eigenvalue weighted by atomic mass is 35.5. The first-order valence-electron chi connectivity index (χ1n) is 2.38. The van der Waals surface area contributed by atoms with Crippen molar-refractivity contribution in [1.29, 1.82) is 0 Å². The fourth-order valence-corrected chi connectivity index (χ4v) is 0.532. The molecule has 48 valence electrons. The van der Waals surface area contributed by atoms with Crippen molar-refractivity contribution in [2.24, 2.45) is 0 Å². The summed E-state index contributed by atoms with van der Waals surface area (Å²) in [5, 5.41) is 0. The van der Waals surface area contributed by atoms with Crippen molar-refractivity contribution >= 4 is 11.6 Å². The van der Waals surface area contributed by atoms with Gasteiger partial charge in [0.2, 0.25) is 5.88 Å². The molecule has 0 aromatic carbocycles. The predicted molar refractivity (Wildman–Crippen MR) is 33.4 cm³/mol. The molecule has 0 spiro atoms. The van der Waals surface area contributed by atoms with Gasteiger partial charge in [-0.1, -0.05) is 11.6 Å². The molecule has 0 aliphatic rings. The van der Waals surface area contributed by atoms with E-state index in [1.807, 2.05) is 0 Å². The van der Waals surface area contributed by atoms with Gasteiger partial charge in [0.15, 0.2) is 6.07 Å². The average molecular weight is 145 g/mol. The molecule has 0 amide bonds. The van der Waals surface area contributed by atoms with Gasteiger partial charge in [-0.3, -0.25) is 0 Å². The third kappa shape index (κ3) is 1.85. The van der Waals surface area contributed by atoms with Gasteiger partial charge in [0, 0.05) is 12.3 Å². The maximum absolute atomic E-state index is 5.25. The lowest BCUT2D eigenvalue weighted by atomic mass is 10.6. The topological polar surface area (TPSA) is 35.0 Å². The fourth-order valence-electron chi connectivity index (χ4n) is 0.420. The van der Waals surface area contributed by atoms with E-state index in [0.717, 1.165) is 0 Å². The van der Waals surface area contributed by atoms with E-state index in [1.165, 1.54) is 6.33 Å². The van der Waals surface area contributed by atoms with Crippen molar-refractivity contribution in [2.45, 2.75) is 0 Å². The Morgan fingerprint density at radius 2 is 2.56 bits per heavy atom. The number of hydrogen-bond donors (Lipinski definition) is 0. The Labute approximate surface area is 57.7 Å². The van der Waals surface area contributed by atoms with E-state index < -0.39 is 0 Å². The molecule has 9 heavy (non-hydrogen) atoms. The summed E-state index contributed by atoms with van der Waals surface area (Å²) in [6, 6.07) is 1.76. The Hall–Kier alpha value is -0.830. The lowest BCUT2D eigenvalue weighted by Gasteiger charge is -1.95. The van der Waals surface area contributed by atoms with Crippen molar-refractivity contribution in [1.82, 2.24) is 9.97 Å². The first-order valence-corrected chi connectivity index (χ1v) is 2.91. The van der Waals surface area contributed by atoms with Crippen LogP contribution >= 0.6 is 11.6 Å². The predicted octanol–water partition coefficient (Wildman–Crippen LogP) is 1.05. The molecular weight excluding hydrogens is 140 g/mol. The Balaban J connectivity index is 2.61. The molecule has 0 saturated carbocycles. The summed E-state index contributed by atoms with van der Waals surface area (Å²) in [4.78, 5) is 7.44. The van der Waals surface area contributed by atoms with Crippen molar-refractivity contribution in [3.63, 3.8) is 0 Å². The highest BCUT2D eigenvalue weighted by molar-refractivity contribution is 6.17. The minimum absolute atomic E-state index is 0.122. The highest BCUT2D eigenvalue weighted by Gasteiger charge is 1.87. The van der Waals surface area contributed by atoms with Crippen LogP contribution in [-0.4, -0.2) is 16.0 Å². The molecule has 0 fully saturated rings. The molecule has 0 aliphatic carbocycles. The minimum atomic E-state index is 0.122. The van der Waals surface area contributed by atoms with Gasteiger partial charge in [0.1, 0.15) is 6.33 Å². The Bertz CT molecular complexity index is 168. The molecule has 0 atom stereocenters. The molecule has 0 saturated heterocycles. The zero-order valence-corrected chi connectivity index (χ0v) is 5.38. The first kappa shape index (κ1) is 6.29. The second kappa shape index (κ2) is 3.25. The zero-order chi connectivity index (χ0) is 6.53. The van der Waals surface area contributed by atoms with Gasteiger partial charge in [-0.25, -0.2) is 9.97 Å². The standard InChI is InChI=1S/C5H5ClN2O/c6-3-9-5-1-2-7-4-8-5/h1-2,4H,3H2. The van der Waals surface area contributed by atoms with Crippen molar-refractivity contribution in [3.05, 3.63) is 18.6 Å². The van der Waals surface area contributed by atoms with Crippen LogP contribution in [0.4, 0.5) is 0 Å². The molecule has 0 unspecified atom stereocenters. The molecule has 1 aromatic heterocycles. The van der Waals surface area contributed by atoms with Crippen LogP contribution in [0.15, 0.2) is 18.6 Å². The lowest BCUT2D eigenvalue weighted by molar-refractivity contribution is 0.371. The molecule has 1 heterocycles. The van der Waals surface area contributed by atoms with Crippen LogP contribution in [0.2, 0.25) is 0 Å². The molecule has 4 heteroatoms. The smallest absolute Gasteiger partial charge is 0.217 e.